The maximum absolute atomic E-state index is 7.16. The van der Waals surface area contributed by atoms with Crippen LogP contribution >= 0.6 is 0 Å². The summed E-state index contributed by atoms with van der Waals surface area (Å²) >= 11 is 0. The highest BCUT2D eigenvalue weighted by molar-refractivity contribution is 5.99. The SMILES string of the molecule is c1ccc([C@H]2N=C(CC3=N[C@H](c4ccccc4)C(c4ccccc4)(c4ccccc4)O3)OC2(c2ccccc2)c2ccccc2)cc1. The van der Waals surface area contributed by atoms with Crippen molar-refractivity contribution in [3.8, 4) is 0 Å². The first-order chi connectivity index (χ1) is 23.3. The molecule has 8 rings (SSSR count). The third-order valence-electron chi connectivity index (χ3n) is 9.22. The molecule has 0 fully saturated rings. The molecule has 0 aliphatic carbocycles. The van der Waals surface area contributed by atoms with E-state index in [-0.39, 0.29) is 12.1 Å². The number of hydrogen-bond acceptors (Lipinski definition) is 4. The second kappa shape index (κ2) is 12.2. The molecule has 0 radical (unpaired) electrons. The molecule has 4 nitrogen and oxygen atoms in total. The number of nitrogens with zero attached hydrogens (tertiary/aromatic N) is 2. The lowest BCUT2D eigenvalue weighted by atomic mass is 9.78. The van der Waals surface area contributed by atoms with Gasteiger partial charge in [-0.15, -0.1) is 0 Å². The number of aliphatic imine (C=N–C) groups is 2. The van der Waals surface area contributed by atoms with Crippen LogP contribution in [0.5, 0.6) is 0 Å². The van der Waals surface area contributed by atoms with E-state index in [1.54, 1.807) is 0 Å². The third-order valence-corrected chi connectivity index (χ3v) is 9.22. The lowest BCUT2D eigenvalue weighted by molar-refractivity contribution is 0.0872. The Morgan fingerprint density at radius 1 is 0.362 bits per heavy atom. The van der Waals surface area contributed by atoms with E-state index in [4.69, 9.17) is 19.5 Å². The van der Waals surface area contributed by atoms with Gasteiger partial charge in [0, 0.05) is 22.3 Å². The molecule has 0 bridgehead atoms. The maximum Gasteiger partial charge on any atom is 0.195 e. The summed E-state index contributed by atoms with van der Waals surface area (Å²) in [6.07, 6.45) is 0.315. The van der Waals surface area contributed by atoms with Gasteiger partial charge in [-0.3, -0.25) is 0 Å². The minimum atomic E-state index is -0.868. The average Bonchev–Trinajstić information content (AvgIpc) is 3.74. The van der Waals surface area contributed by atoms with Gasteiger partial charge in [0.05, 0.1) is 6.42 Å². The minimum absolute atomic E-state index is 0.315. The first-order valence-corrected chi connectivity index (χ1v) is 16.1. The molecule has 0 spiro atoms. The fraction of sp³-hybridized carbons (Fsp3) is 0.116. The summed E-state index contributed by atoms with van der Waals surface area (Å²) in [7, 11) is 0. The maximum atomic E-state index is 7.16. The summed E-state index contributed by atoms with van der Waals surface area (Å²) in [6, 6.07) is 61.9. The van der Waals surface area contributed by atoms with Gasteiger partial charge in [0.25, 0.3) is 0 Å². The minimum Gasteiger partial charge on any atom is -0.462 e. The topological polar surface area (TPSA) is 43.2 Å². The van der Waals surface area contributed by atoms with Crippen LogP contribution in [-0.2, 0) is 20.7 Å². The molecule has 0 unspecified atom stereocenters. The second-order valence-electron chi connectivity index (χ2n) is 12.0. The lowest BCUT2D eigenvalue weighted by Crippen LogP contribution is -2.35. The quantitative estimate of drug-likeness (QED) is 0.172. The molecular formula is C43H34N2O2. The summed E-state index contributed by atoms with van der Waals surface area (Å²) in [6.45, 7) is 0. The van der Waals surface area contributed by atoms with E-state index >= 15 is 0 Å². The van der Waals surface area contributed by atoms with E-state index in [2.05, 4.69) is 146 Å². The summed E-state index contributed by atoms with van der Waals surface area (Å²) in [5.41, 5.74) is 4.58. The van der Waals surface area contributed by atoms with Crippen LogP contribution in [0.4, 0.5) is 0 Å². The van der Waals surface area contributed by atoms with Crippen molar-refractivity contribution in [1.29, 1.82) is 0 Å². The third kappa shape index (κ3) is 5.03. The Balaban J connectivity index is 1.25. The smallest absolute Gasteiger partial charge is 0.195 e. The van der Waals surface area contributed by atoms with E-state index in [1.807, 2.05) is 36.4 Å². The first kappa shape index (κ1) is 28.7. The molecule has 0 N–H and O–H groups in total. The molecule has 0 amide bonds. The van der Waals surface area contributed by atoms with Crippen molar-refractivity contribution in [3.05, 3.63) is 215 Å². The van der Waals surface area contributed by atoms with E-state index in [9.17, 15) is 0 Å². The van der Waals surface area contributed by atoms with Crippen LogP contribution < -0.4 is 0 Å². The van der Waals surface area contributed by atoms with Gasteiger partial charge in [0.1, 0.15) is 12.1 Å². The largest absolute Gasteiger partial charge is 0.462 e. The molecule has 4 heteroatoms. The predicted octanol–water partition coefficient (Wildman–Crippen LogP) is 9.60. The van der Waals surface area contributed by atoms with E-state index in [0.717, 1.165) is 33.4 Å². The molecule has 2 atom stereocenters. The summed E-state index contributed by atoms with van der Waals surface area (Å²) in [4.78, 5) is 10.7. The van der Waals surface area contributed by atoms with Crippen molar-refractivity contribution in [2.75, 3.05) is 0 Å². The van der Waals surface area contributed by atoms with Crippen molar-refractivity contribution in [2.45, 2.75) is 29.7 Å². The molecule has 2 aliphatic rings. The molecule has 0 saturated heterocycles. The Labute approximate surface area is 275 Å². The monoisotopic (exact) mass is 610 g/mol. The van der Waals surface area contributed by atoms with Crippen molar-refractivity contribution < 1.29 is 9.47 Å². The fourth-order valence-corrected chi connectivity index (χ4v) is 7.13. The Morgan fingerprint density at radius 2 is 0.617 bits per heavy atom. The molecule has 2 heterocycles. The van der Waals surface area contributed by atoms with E-state index in [0.29, 0.717) is 18.2 Å². The first-order valence-electron chi connectivity index (χ1n) is 16.1. The van der Waals surface area contributed by atoms with Crippen molar-refractivity contribution >= 4 is 11.8 Å². The Bertz CT molecular complexity index is 1770. The van der Waals surface area contributed by atoms with Gasteiger partial charge in [-0.05, 0) is 11.1 Å². The molecule has 6 aromatic carbocycles. The number of ether oxygens (including phenoxy) is 2. The van der Waals surface area contributed by atoms with Crippen LogP contribution in [0.15, 0.2) is 192 Å². The van der Waals surface area contributed by atoms with Crippen LogP contribution in [0.1, 0.15) is 51.9 Å². The van der Waals surface area contributed by atoms with Gasteiger partial charge in [-0.2, -0.15) is 0 Å². The molecule has 228 valence electrons. The predicted molar refractivity (Wildman–Crippen MR) is 187 cm³/mol. The summed E-state index contributed by atoms with van der Waals surface area (Å²) in [5, 5.41) is 0. The number of rotatable bonds is 8. The number of hydrogen-bond donors (Lipinski definition) is 0. The zero-order valence-corrected chi connectivity index (χ0v) is 25.9. The van der Waals surface area contributed by atoms with Crippen molar-refractivity contribution in [1.82, 2.24) is 0 Å². The average molecular weight is 611 g/mol. The highest BCUT2D eigenvalue weighted by atomic mass is 16.5. The van der Waals surface area contributed by atoms with Gasteiger partial charge in [0.2, 0.25) is 0 Å². The summed E-state index contributed by atoms with van der Waals surface area (Å²) in [5.74, 6) is 1.18. The summed E-state index contributed by atoms with van der Waals surface area (Å²) < 4.78 is 14.3. The molecule has 47 heavy (non-hydrogen) atoms. The van der Waals surface area contributed by atoms with Crippen LogP contribution in [0.25, 0.3) is 0 Å². The molecule has 0 aromatic heterocycles. The zero-order chi connectivity index (χ0) is 31.5. The van der Waals surface area contributed by atoms with Crippen LogP contribution in [0, 0.1) is 0 Å². The fourth-order valence-electron chi connectivity index (χ4n) is 7.13. The van der Waals surface area contributed by atoms with Crippen LogP contribution in [-0.4, -0.2) is 11.8 Å². The van der Waals surface area contributed by atoms with E-state index < -0.39 is 11.2 Å². The van der Waals surface area contributed by atoms with E-state index in [1.165, 1.54) is 0 Å². The van der Waals surface area contributed by atoms with Crippen molar-refractivity contribution in [3.63, 3.8) is 0 Å². The zero-order valence-electron chi connectivity index (χ0n) is 25.9. The highest BCUT2D eigenvalue weighted by Gasteiger charge is 2.53. The number of benzene rings is 6. The standard InChI is InChI=1S/C43H34N2O2/c1-7-19-32(20-8-1)40-42(34-23-11-3-12-24-34,35-25-13-4-14-26-35)46-38(44-40)31-39-45-41(33-21-9-2-10-22-33)43(47-39,36-27-15-5-16-28-36)37-29-17-6-18-30-37/h1-30,40-41H,31H2/t40-,41-/m1/s1. The second-order valence-corrected chi connectivity index (χ2v) is 12.0. The van der Waals surface area contributed by atoms with Gasteiger partial charge in [0.15, 0.2) is 23.0 Å². The van der Waals surface area contributed by atoms with Crippen LogP contribution in [0.3, 0.4) is 0 Å². The Kier molecular flexibility index (Phi) is 7.47. The molecule has 6 aromatic rings. The van der Waals surface area contributed by atoms with Gasteiger partial charge >= 0.3 is 0 Å². The lowest BCUT2D eigenvalue weighted by Gasteiger charge is -2.35. The molecule has 0 saturated carbocycles. The van der Waals surface area contributed by atoms with Crippen molar-refractivity contribution in [2.24, 2.45) is 9.98 Å². The molecule has 2 aliphatic heterocycles. The van der Waals surface area contributed by atoms with Gasteiger partial charge < -0.3 is 9.47 Å². The van der Waals surface area contributed by atoms with Gasteiger partial charge in [-0.1, -0.05) is 182 Å². The normalized spacial score (nSPS) is 19.2. The molecular weight excluding hydrogens is 576 g/mol. The van der Waals surface area contributed by atoms with Gasteiger partial charge in [-0.25, -0.2) is 9.98 Å². The van der Waals surface area contributed by atoms with Crippen LogP contribution in [0.2, 0.25) is 0 Å². The Hall–Kier alpha value is -5.74. The highest BCUT2D eigenvalue weighted by Crippen LogP contribution is 2.53. The Morgan fingerprint density at radius 3 is 0.894 bits per heavy atom.